The fraction of sp³-hybridized carbons (Fsp3) is 0.300. The maximum Gasteiger partial charge on any atom is 0.261 e. The fourth-order valence-corrected chi connectivity index (χ4v) is 1.61. The number of fused-ring (bicyclic) bond motifs is 1. The monoisotopic (exact) mass is 177 g/mol. The minimum Gasteiger partial charge on any atom is -0.618 e. The molecule has 2 rings (SSSR count). The van der Waals surface area contributed by atoms with E-state index >= 15 is 0 Å². The third kappa shape index (κ3) is 1.26. The van der Waals surface area contributed by atoms with Gasteiger partial charge in [0.15, 0.2) is 12.0 Å². The van der Waals surface area contributed by atoms with E-state index in [1.165, 1.54) is 0 Å². The van der Waals surface area contributed by atoms with Crippen LogP contribution in [0.25, 0.3) is 0 Å². The Balaban J connectivity index is 2.60. The van der Waals surface area contributed by atoms with E-state index in [9.17, 15) is 5.21 Å². The minimum absolute atomic E-state index is 0.656. The molecule has 1 heterocycles. The van der Waals surface area contributed by atoms with Crippen molar-refractivity contribution in [3.63, 3.8) is 0 Å². The lowest BCUT2D eigenvalue weighted by molar-refractivity contribution is -0.360. The van der Waals surface area contributed by atoms with Crippen LogP contribution in [-0.4, -0.2) is 18.1 Å². The second kappa shape index (κ2) is 3.09. The number of methoxy groups -OCH3 is 1. The number of benzene rings is 1. The highest BCUT2D eigenvalue weighted by Gasteiger charge is 2.19. The van der Waals surface area contributed by atoms with E-state index in [4.69, 9.17) is 4.74 Å². The van der Waals surface area contributed by atoms with Crippen molar-refractivity contribution in [1.29, 1.82) is 0 Å². The topological polar surface area (TPSA) is 35.3 Å². The van der Waals surface area contributed by atoms with Crippen LogP contribution in [0.1, 0.15) is 12.0 Å². The van der Waals surface area contributed by atoms with Gasteiger partial charge in [-0.3, -0.25) is 0 Å². The van der Waals surface area contributed by atoms with E-state index in [1.807, 2.05) is 18.2 Å². The summed E-state index contributed by atoms with van der Waals surface area (Å²) in [5.74, 6) is 0.656. The molecule has 0 unspecified atom stereocenters. The molecule has 1 aromatic carbocycles. The molecule has 0 aromatic heterocycles. The Hall–Kier alpha value is -1.51. The van der Waals surface area contributed by atoms with Crippen molar-refractivity contribution < 1.29 is 9.48 Å². The van der Waals surface area contributed by atoms with E-state index < -0.39 is 0 Å². The van der Waals surface area contributed by atoms with Crippen LogP contribution in [-0.2, 0) is 6.42 Å². The molecule has 0 fully saturated rings. The quantitative estimate of drug-likeness (QED) is 0.484. The summed E-state index contributed by atoms with van der Waals surface area (Å²) in [4.78, 5) is 0. The van der Waals surface area contributed by atoms with Crippen LogP contribution in [0.15, 0.2) is 18.2 Å². The van der Waals surface area contributed by atoms with Crippen LogP contribution in [0.3, 0.4) is 0 Å². The maximum atomic E-state index is 11.4. The van der Waals surface area contributed by atoms with Crippen molar-refractivity contribution in [2.24, 2.45) is 0 Å². The van der Waals surface area contributed by atoms with Gasteiger partial charge in [0, 0.05) is 12.0 Å². The van der Waals surface area contributed by atoms with E-state index in [0.717, 1.165) is 23.1 Å². The molecular weight excluding hydrogens is 166 g/mol. The van der Waals surface area contributed by atoms with Crippen LogP contribution in [0.4, 0.5) is 5.69 Å². The first-order chi connectivity index (χ1) is 6.33. The molecule has 0 aliphatic carbocycles. The summed E-state index contributed by atoms with van der Waals surface area (Å²) in [5, 5.41) is 11.4. The van der Waals surface area contributed by atoms with E-state index in [0.29, 0.717) is 11.4 Å². The number of ether oxygens (including phenoxy) is 1. The number of para-hydroxylation sites is 1. The molecule has 0 saturated heterocycles. The van der Waals surface area contributed by atoms with Gasteiger partial charge in [-0.05, 0) is 12.5 Å². The molecule has 0 atom stereocenters. The second-order valence-electron chi connectivity index (χ2n) is 3.02. The molecule has 1 aliphatic heterocycles. The molecular formula is C10H11NO2. The van der Waals surface area contributed by atoms with Gasteiger partial charge in [-0.1, -0.05) is 12.1 Å². The van der Waals surface area contributed by atoms with Crippen LogP contribution in [0.5, 0.6) is 5.75 Å². The average molecular weight is 177 g/mol. The smallest absolute Gasteiger partial charge is 0.261 e. The predicted molar refractivity (Wildman–Crippen MR) is 50.7 cm³/mol. The summed E-state index contributed by atoms with van der Waals surface area (Å²) in [7, 11) is 1.58. The summed E-state index contributed by atoms with van der Waals surface area (Å²) in [6.45, 7) is 0. The number of nitrogens with zero attached hydrogens (tertiary/aromatic N) is 1. The van der Waals surface area contributed by atoms with Gasteiger partial charge in [0.25, 0.3) is 5.69 Å². The van der Waals surface area contributed by atoms with E-state index in [-0.39, 0.29) is 0 Å². The normalized spacial score (nSPS) is 14.7. The van der Waals surface area contributed by atoms with Crippen molar-refractivity contribution in [2.75, 3.05) is 7.11 Å². The Bertz CT molecular complexity index is 358. The number of hydrogen-bond donors (Lipinski definition) is 0. The standard InChI is InChI=1S/C10H11NO2/c1-13-9-6-2-4-8-5-3-7-11(12)10(8)9/h2,4,6-7H,3,5H2,1H3. The van der Waals surface area contributed by atoms with Gasteiger partial charge in [0.2, 0.25) is 0 Å². The van der Waals surface area contributed by atoms with Gasteiger partial charge in [0.1, 0.15) is 0 Å². The molecule has 0 radical (unpaired) electrons. The zero-order chi connectivity index (χ0) is 9.26. The lowest BCUT2D eigenvalue weighted by atomic mass is 10.0. The van der Waals surface area contributed by atoms with Crippen LogP contribution in [0.2, 0.25) is 0 Å². The molecule has 0 bridgehead atoms. The zero-order valence-electron chi connectivity index (χ0n) is 7.49. The van der Waals surface area contributed by atoms with Crippen molar-refractivity contribution >= 4 is 11.9 Å². The lowest BCUT2D eigenvalue weighted by Crippen LogP contribution is -2.09. The zero-order valence-corrected chi connectivity index (χ0v) is 7.49. The van der Waals surface area contributed by atoms with Crippen molar-refractivity contribution in [3.8, 4) is 5.75 Å². The predicted octanol–water partition coefficient (Wildman–Crippen LogP) is 1.85. The highest BCUT2D eigenvalue weighted by Crippen LogP contribution is 2.32. The highest BCUT2D eigenvalue weighted by molar-refractivity contribution is 5.63. The third-order valence-electron chi connectivity index (χ3n) is 2.23. The first kappa shape index (κ1) is 8.10. The van der Waals surface area contributed by atoms with Gasteiger partial charge >= 0.3 is 0 Å². The van der Waals surface area contributed by atoms with Crippen LogP contribution >= 0.6 is 0 Å². The lowest BCUT2D eigenvalue weighted by Gasteiger charge is -2.14. The minimum atomic E-state index is 0.656. The Morgan fingerprint density at radius 3 is 3.08 bits per heavy atom. The largest absolute Gasteiger partial charge is 0.618 e. The molecule has 68 valence electrons. The molecule has 3 heteroatoms. The van der Waals surface area contributed by atoms with Crippen LogP contribution < -0.4 is 4.74 Å². The molecule has 1 aromatic rings. The fourth-order valence-electron chi connectivity index (χ4n) is 1.61. The number of rotatable bonds is 1. The number of hydrogen-bond acceptors (Lipinski definition) is 2. The highest BCUT2D eigenvalue weighted by atomic mass is 16.5. The molecule has 0 spiro atoms. The van der Waals surface area contributed by atoms with Crippen LogP contribution in [0, 0.1) is 5.21 Å². The Labute approximate surface area is 76.9 Å². The van der Waals surface area contributed by atoms with Crippen molar-refractivity contribution in [3.05, 3.63) is 29.0 Å². The summed E-state index contributed by atoms with van der Waals surface area (Å²) in [6, 6.07) is 5.69. The van der Waals surface area contributed by atoms with Gasteiger partial charge < -0.3 is 9.94 Å². The molecule has 0 amide bonds. The third-order valence-corrected chi connectivity index (χ3v) is 2.23. The summed E-state index contributed by atoms with van der Waals surface area (Å²) < 4.78 is 6.02. The molecule has 13 heavy (non-hydrogen) atoms. The summed E-state index contributed by atoms with van der Waals surface area (Å²) in [5.41, 5.74) is 1.73. The maximum absolute atomic E-state index is 11.4. The first-order valence-electron chi connectivity index (χ1n) is 4.28. The van der Waals surface area contributed by atoms with Crippen molar-refractivity contribution in [2.45, 2.75) is 12.8 Å². The molecule has 0 N–H and O–H groups in total. The average Bonchev–Trinajstić information content (AvgIpc) is 2.17. The van der Waals surface area contributed by atoms with Crippen molar-refractivity contribution in [1.82, 2.24) is 0 Å². The van der Waals surface area contributed by atoms with Gasteiger partial charge in [-0.25, -0.2) is 0 Å². The van der Waals surface area contributed by atoms with E-state index in [1.54, 1.807) is 13.3 Å². The Kier molecular flexibility index (Phi) is 1.93. The Morgan fingerprint density at radius 2 is 2.31 bits per heavy atom. The molecule has 0 saturated carbocycles. The Morgan fingerprint density at radius 1 is 1.46 bits per heavy atom. The van der Waals surface area contributed by atoms with Gasteiger partial charge in [0.05, 0.1) is 7.11 Å². The van der Waals surface area contributed by atoms with Gasteiger partial charge in [-0.2, -0.15) is 4.74 Å². The van der Waals surface area contributed by atoms with Gasteiger partial charge in [-0.15, -0.1) is 0 Å². The molecule has 1 aliphatic rings. The summed E-state index contributed by atoms with van der Waals surface area (Å²) in [6.07, 6.45) is 3.37. The second-order valence-corrected chi connectivity index (χ2v) is 3.02. The number of aryl methyl sites for hydroxylation is 1. The van der Waals surface area contributed by atoms with E-state index in [2.05, 4.69) is 0 Å². The molecule has 3 nitrogen and oxygen atoms in total. The summed E-state index contributed by atoms with van der Waals surface area (Å²) >= 11 is 0. The first-order valence-corrected chi connectivity index (χ1v) is 4.28. The SMILES string of the molecule is COc1cccc2c1[N+]([O-])=CCC2.